The molecule has 0 fully saturated rings. The molecule has 0 saturated heterocycles. The molecule has 0 radical (unpaired) electrons. The van der Waals surface area contributed by atoms with Crippen molar-refractivity contribution in [2.75, 3.05) is 17.7 Å². The Morgan fingerprint density at radius 1 is 1.50 bits per heavy atom. The summed E-state index contributed by atoms with van der Waals surface area (Å²) in [6.45, 7) is 1.76. The summed E-state index contributed by atoms with van der Waals surface area (Å²) >= 11 is 1.34. The van der Waals surface area contributed by atoms with E-state index in [4.69, 9.17) is 5.11 Å². The third-order valence-corrected chi connectivity index (χ3v) is 3.31. The number of nitrogens with zero attached hydrogens (tertiary/aromatic N) is 1. The van der Waals surface area contributed by atoms with Crippen molar-refractivity contribution in [1.29, 1.82) is 0 Å². The Labute approximate surface area is 109 Å². The highest BCUT2D eigenvalue weighted by Crippen LogP contribution is 2.17. The third-order valence-electron chi connectivity index (χ3n) is 2.17. The molecule has 0 heterocycles. The van der Waals surface area contributed by atoms with Crippen molar-refractivity contribution in [3.05, 3.63) is 34.4 Å². The number of anilines is 1. The molecule has 1 unspecified atom stereocenters. The van der Waals surface area contributed by atoms with E-state index in [0.29, 0.717) is 11.4 Å². The summed E-state index contributed by atoms with van der Waals surface area (Å²) in [5, 5.41) is 21.5. The van der Waals surface area contributed by atoms with E-state index in [1.54, 1.807) is 6.92 Å². The van der Waals surface area contributed by atoms with Crippen LogP contribution in [0.15, 0.2) is 24.3 Å². The topological polar surface area (TPSA) is 92.5 Å². The Balaban J connectivity index is 2.56. The van der Waals surface area contributed by atoms with Gasteiger partial charge in [-0.15, -0.1) is 11.8 Å². The first-order valence-electron chi connectivity index (χ1n) is 5.32. The molecule has 18 heavy (non-hydrogen) atoms. The lowest BCUT2D eigenvalue weighted by molar-refractivity contribution is -0.384. The molecule has 6 nitrogen and oxygen atoms in total. The second-order valence-electron chi connectivity index (χ2n) is 3.53. The quantitative estimate of drug-likeness (QED) is 0.605. The van der Waals surface area contributed by atoms with Crippen LogP contribution in [0.2, 0.25) is 0 Å². The average molecular weight is 270 g/mol. The molecule has 0 bridgehead atoms. The van der Waals surface area contributed by atoms with Crippen molar-refractivity contribution in [2.45, 2.75) is 12.2 Å². The number of carbonyl (C=O) groups excluding carboxylic acids is 1. The van der Waals surface area contributed by atoms with Crippen LogP contribution in [0.3, 0.4) is 0 Å². The van der Waals surface area contributed by atoms with Crippen LogP contribution in [0.25, 0.3) is 0 Å². The summed E-state index contributed by atoms with van der Waals surface area (Å²) in [4.78, 5) is 21.6. The minimum atomic E-state index is -0.495. The number of hydrogen-bond donors (Lipinski definition) is 2. The van der Waals surface area contributed by atoms with Crippen LogP contribution in [0.5, 0.6) is 0 Å². The lowest BCUT2D eigenvalue weighted by atomic mass is 10.3. The van der Waals surface area contributed by atoms with Gasteiger partial charge in [-0.2, -0.15) is 0 Å². The first kappa shape index (κ1) is 14.5. The zero-order chi connectivity index (χ0) is 13.5. The molecular formula is C11H14N2O4S. The second-order valence-corrected chi connectivity index (χ2v) is 4.98. The molecule has 0 saturated carbocycles. The number of rotatable bonds is 6. The van der Waals surface area contributed by atoms with Crippen LogP contribution in [0, 0.1) is 10.1 Å². The van der Waals surface area contributed by atoms with Crippen LogP contribution in [-0.4, -0.2) is 33.5 Å². The summed E-state index contributed by atoms with van der Waals surface area (Å²) in [6, 6.07) is 5.64. The van der Waals surface area contributed by atoms with Gasteiger partial charge < -0.3 is 10.4 Å². The average Bonchev–Trinajstić information content (AvgIpc) is 2.36. The maximum absolute atomic E-state index is 11.7. The molecule has 0 aliphatic heterocycles. The van der Waals surface area contributed by atoms with E-state index in [1.165, 1.54) is 36.0 Å². The molecule has 0 aliphatic rings. The number of carbonyl (C=O) groups is 1. The van der Waals surface area contributed by atoms with Crippen molar-refractivity contribution in [2.24, 2.45) is 0 Å². The van der Waals surface area contributed by atoms with Crippen molar-refractivity contribution < 1.29 is 14.8 Å². The second kappa shape index (κ2) is 6.97. The first-order chi connectivity index (χ1) is 8.54. The molecule has 7 heteroatoms. The van der Waals surface area contributed by atoms with Gasteiger partial charge in [-0.1, -0.05) is 0 Å². The van der Waals surface area contributed by atoms with Gasteiger partial charge >= 0.3 is 0 Å². The van der Waals surface area contributed by atoms with Crippen molar-refractivity contribution in [3.63, 3.8) is 0 Å². The van der Waals surface area contributed by atoms with Crippen LogP contribution < -0.4 is 5.32 Å². The number of aliphatic hydroxyl groups excluding tert-OH is 1. The molecule has 1 aromatic rings. The zero-order valence-electron chi connectivity index (χ0n) is 9.83. The van der Waals surface area contributed by atoms with E-state index in [9.17, 15) is 14.9 Å². The monoisotopic (exact) mass is 270 g/mol. The van der Waals surface area contributed by atoms with E-state index < -0.39 is 4.92 Å². The fourth-order valence-electron chi connectivity index (χ4n) is 1.22. The fourth-order valence-corrected chi connectivity index (χ4v) is 1.88. The Bertz CT molecular complexity index is 422. The minimum absolute atomic E-state index is 0.0179. The van der Waals surface area contributed by atoms with Gasteiger partial charge in [-0.05, 0) is 19.1 Å². The maximum atomic E-state index is 11.7. The highest BCUT2D eigenvalue weighted by atomic mass is 32.2. The number of amides is 1. The van der Waals surface area contributed by atoms with Gasteiger partial charge in [0, 0.05) is 23.6 Å². The highest BCUT2D eigenvalue weighted by molar-refractivity contribution is 8.00. The van der Waals surface area contributed by atoms with Crippen LogP contribution in [0.4, 0.5) is 11.4 Å². The largest absolute Gasteiger partial charge is 0.396 e. The lowest BCUT2D eigenvalue weighted by Crippen LogP contribution is -2.23. The SMILES string of the molecule is CC(SCCO)C(=O)Nc1ccc([N+](=O)[O-])cc1. The van der Waals surface area contributed by atoms with Crippen molar-refractivity contribution in [3.8, 4) is 0 Å². The molecule has 1 atom stereocenters. The number of hydrogen-bond acceptors (Lipinski definition) is 5. The van der Waals surface area contributed by atoms with E-state index in [0.717, 1.165) is 0 Å². The number of nitro benzene ring substituents is 1. The molecule has 1 aromatic carbocycles. The predicted molar refractivity (Wildman–Crippen MR) is 70.7 cm³/mol. The lowest BCUT2D eigenvalue weighted by Gasteiger charge is -2.11. The van der Waals surface area contributed by atoms with Crippen molar-refractivity contribution >= 4 is 29.0 Å². The Morgan fingerprint density at radius 3 is 2.61 bits per heavy atom. The summed E-state index contributed by atoms with van der Waals surface area (Å²) in [6.07, 6.45) is 0. The molecule has 1 rings (SSSR count). The first-order valence-corrected chi connectivity index (χ1v) is 6.37. The van der Waals surface area contributed by atoms with Gasteiger partial charge in [-0.25, -0.2) is 0 Å². The molecular weight excluding hydrogens is 256 g/mol. The zero-order valence-corrected chi connectivity index (χ0v) is 10.6. The number of nitrogens with one attached hydrogen (secondary N) is 1. The van der Waals surface area contributed by atoms with Crippen molar-refractivity contribution in [1.82, 2.24) is 0 Å². The van der Waals surface area contributed by atoms with E-state index in [-0.39, 0.29) is 23.5 Å². The standard InChI is InChI=1S/C11H14N2O4S/c1-8(18-7-6-14)11(15)12-9-2-4-10(5-3-9)13(16)17/h2-5,8,14H,6-7H2,1H3,(H,12,15). The predicted octanol–water partition coefficient (Wildman–Crippen LogP) is 1.65. The molecule has 0 spiro atoms. The Hall–Kier alpha value is -1.60. The summed E-state index contributed by atoms with van der Waals surface area (Å²) in [7, 11) is 0. The molecule has 0 aliphatic carbocycles. The smallest absolute Gasteiger partial charge is 0.269 e. The maximum Gasteiger partial charge on any atom is 0.269 e. The summed E-state index contributed by atoms with van der Waals surface area (Å²) < 4.78 is 0. The van der Waals surface area contributed by atoms with Gasteiger partial charge in [0.2, 0.25) is 5.91 Å². The van der Waals surface area contributed by atoms with E-state index in [2.05, 4.69) is 5.32 Å². The Morgan fingerprint density at radius 2 is 2.11 bits per heavy atom. The number of nitro groups is 1. The number of benzene rings is 1. The highest BCUT2D eigenvalue weighted by Gasteiger charge is 2.13. The van der Waals surface area contributed by atoms with E-state index in [1.807, 2.05) is 0 Å². The Kier molecular flexibility index (Phi) is 5.60. The van der Waals surface area contributed by atoms with E-state index >= 15 is 0 Å². The number of aliphatic hydroxyl groups is 1. The fraction of sp³-hybridized carbons (Fsp3) is 0.364. The number of thioether (sulfide) groups is 1. The molecule has 2 N–H and O–H groups in total. The molecule has 1 amide bonds. The normalized spacial score (nSPS) is 11.9. The summed E-state index contributed by atoms with van der Waals surface area (Å²) in [5.74, 6) is 0.303. The van der Waals surface area contributed by atoms with Gasteiger partial charge in [-0.3, -0.25) is 14.9 Å². The minimum Gasteiger partial charge on any atom is -0.396 e. The van der Waals surface area contributed by atoms with Gasteiger partial charge in [0.1, 0.15) is 0 Å². The van der Waals surface area contributed by atoms with Gasteiger partial charge in [0.15, 0.2) is 0 Å². The summed E-state index contributed by atoms with van der Waals surface area (Å²) in [5.41, 5.74) is 0.498. The van der Waals surface area contributed by atoms with Gasteiger partial charge in [0.05, 0.1) is 16.8 Å². The molecule has 98 valence electrons. The third kappa shape index (κ3) is 4.34. The van der Waals surface area contributed by atoms with Crippen LogP contribution in [0.1, 0.15) is 6.92 Å². The van der Waals surface area contributed by atoms with Crippen LogP contribution in [-0.2, 0) is 4.79 Å². The number of non-ortho nitro benzene ring substituents is 1. The van der Waals surface area contributed by atoms with Crippen LogP contribution >= 0.6 is 11.8 Å². The van der Waals surface area contributed by atoms with Gasteiger partial charge in [0.25, 0.3) is 5.69 Å². The molecule has 0 aromatic heterocycles.